The lowest BCUT2D eigenvalue weighted by molar-refractivity contribution is 0.176. The first-order valence-electron chi connectivity index (χ1n) is 10.9. The van der Waals surface area contributed by atoms with Crippen molar-refractivity contribution in [1.82, 2.24) is 24.7 Å². The van der Waals surface area contributed by atoms with Gasteiger partial charge in [-0.2, -0.15) is 0 Å². The third kappa shape index (κ3) is 4.72. The van der Waals surface area contributed by atoms with Crippen LogP contribution in [0.3, 0.4) is 0 Å². The van der Waals surface area contributed by atoms with Crippen LogP contribution >= 0.6 is 46.0 Å². The maximum Gasteiger partial charge on any atom is 0.158 e. The zero-order valence-corrected chi connectivity index (χ0v) is 23.1. The van der Waals surface area contributed by atoms with Gasteiger partial charge in [0.25, 0.3) is 0 Å². The van der Waals surface area contributed by atoms with Crippen LogP contribution in [0.2, 0.25) is 5.15 Å². The first kappa shape index (κ1) is 24.4. The largest absolute Gasteiger partial charge is 0.381 e. The molecule has 1 aliphatic heterocycles. The summed E-state index contributed by atoms with van der Waals surface area (Å²) in [4.78, 5) is 21.6. The van der Waals surface area contributed by atoms with E-state index < -0.39 is 11.0 Å². The van der Waals surface area contributed by atoms with Crippen LogP contribution in [-0.4, -0.2) is 42.0 Å². The van der Waals surface area contributed by atoms with Gasteiger partial charge in [0.15, 0.2) is 10.2 Å². The van der Waals surface area contributed by atoms with Gasteiger partial charge in [-0.3, -0.25) is 0 Å². The number of fused-ring (bicyclic) bond motifs is 1. The fourth-order valence-corrected chi connectivity index (χ4v) is 8.20. The van der Waals surface area contributed by atoms with Crippen molar-refractivity contribution in [2.75, 3.05) is 23.7 Å². The van der Waals surface area contributed by atoms with Gasteiger partial charge in [-0.1, -0.05) is 11.6 Å². The van der Waals surface area contributed by atoms with Crippen LogP contribution in [0, 0.1) is 5.41 Å². The maximum absolute atomic E-state index is 13.0. The SMILES string of the molecule is CC(C)(C)[S@@](=O)N[C@@H]1c2ncsc2CC12CCN(c1cnc(Sc3nc(Cl)cs3)c(N)n1)CC2. The second-order valence-corrected chi connectivity index (χ2v) is 15.0. The number of nitrogens with two attached hydrogens (primary N) is 1. The number of nitrogen functional groups attached to an aromatic ring is 1. The molecule has 13 heteroatoms. The third-order valence-corrected chi connectivity index (χ3v) is 11.0. The number of piperidine rings is 1. The van der Waals surface area contributed by atoms with Gasteiger partial charge in [-0.05, 0) is 51.8 Å². The van der Waals surface area contributed by atoms with Gasteiger partial charge in [-0.25, -0.2) is 28.9 Å². The minimum atomic E-state index is -1.16. The Morgan fingerprint density at radius 2 is 2.03 bits per heavy atom. The summed E-state index contributed by atoms with van der Waals surface area (Å²) < 4.78 is 16.9. The van der Waals surface area contributed by atoms with E-state index in [1.807, 2.05) is 26.3 Å². The number of thiazole rings is 2. The number of nitrogens with zero attached hydrogens (tertiary/aromatic N) is 5. The maximum atomic E-state index is 13.0. The molecule has 0 unspecified atom stereocenters. The Labute approximate surface area is 218 Å². The summed E-state index contributed by atoms with van der Waals surface area (Å²) in [5, 5.41) is 2.87. The van der Waals surface area contributed by atoms with Crippen molar-refractivity contribution in [1.29, 1.82) is 0 Å². The van der Waals surface area contributed by atoms with E-state index in [4.69, 9.17) is 17.3 Å². The van der Waals surface area contributed by atoms with Crippen molar-refractivity contribution in [2.45, 2.75) is 60.2 Å². The molecule has 3 aromatic rings. The third-order valence-electron chi connectivity index (χ3n) is 6.33. The minimum Gasteiger partial charge on any atom is -0.381 e. The Hall–Kier alpha value is -1.31. The first-order valence-corrected chi connectivity index (χ1v) is 15.0. The van der Waals surface area contributed by atoms with Gasteiger partial charge >= 0.3 is 0 Å². The van der Waals surface area contributed by atoms with Crippen molar-refractivity contribution < 1.29 is 4.21 Å². The fourth-order valence-electron chi connectivity index (χ4n) is 4.45. The molecule has 182 valence electrons. The number of aromatic nitrogens is 4. The monoisotopic (exact) mass is 555 g/mol. The van der Waals surface area contributed by atoms with Gasteiger partial charge in [0, 0.05) is 28.8 Å². The Morgan fingerprint density at radius 3 is 2.68 bits per heavy atom. The van der Waals surface area contributed by atoms with E-state index in [9.17, 15) is 4.21 Å². The fraction of sp³-hybridized carbons (Fsp3) is 0.524. The molecule has 0 saturated carbocycles. The summed E-state index contributed by atoms with van der Waals surface area (Å²) in [6, 6.07) is -0.00370. The summed E-state index contributed by atoms with van der Waals surface area (Å²) in [5.74, 6) is 1.17. The van der Waals surface area contributed by atoms with E-state index in [1.54, 1.807) is 22.9 Å². The van der Waals surface area contributed by atoms with Gasteiger partial charge in [0.2, 0.25) is 0 Å². The Balaban J connectivity index is 1.30. The molecule has 2 aliphatic rings. The highest BCUT2D eigenvalue weighted by Gasteiger charge is 2.50. The molecule has 2 atom stereocenters. The molecular formula is C21H26ClN7OS4. The summed E-state index contributed by atoms with van der Waals surface area (Å²) in [6.07, 6.45) is 4.65. The van der Waals surface area contributed by atoms with Crippen LogP contribution in [0.25, 0.3) is 0 Å². The highest BCUT2D eigenvalue weighted by Crippen LogP contribution is 2.53. The van der Waals surface area contributed by atoms with E-state index >= 15 is 0 Å². The molecule has 0 bridgehead atoms. The number of anilines is 2. The topological polar surface area (TPSA) is 110 Å². The Bertz CT molecular complexity index is 1220. The van der Waals surface area contributed by atoms with Crippen LogP contribution in [0.1, 0.15) is 50.2 Å². The number of rotatable bonds is 5. The van der Waals surface area contributed by atoms with Crippen molar-refractivity contribution >= 4 is 68.7 Å². The predicted molar refractivity (Wildman–Crippen MR) is 141 cm³/mol. The average Bonchev–Trinajstić information content (AvgIpc) is 3.47. The van der Waals surface area contributed by atoms with E-state index in [0.29, 0.717) is 16.0 Å². The number of hydrogen-bond donors (Lipinski definition) is 2. The summed E-state index contributed by atoms with van der Waals surface area (Å²) >= 11 is 10.4. The van der Waals surface area contributed by atoms with Gasteiger partial charge in [0.1, 0.15) is 16.0 Å². The second kappa shape index (κ2) is 9.29. The molecule has 3 N–H and O–H groups in total. The van der Waals surface area contributed by atoms with Gasteiger partial charge in [0.05, 0.1) is 39.2 Å². The van der Waals surface area contributed by atoms with Crippen molar-refractivity contribution in [3.05, 3.63) is 32.8 Å². The Morgan fingerprint density at radius 1 is 1.26 bits per heavy atom. The standard InChI is InChI=1S/C21H26ClN7OS4/c1-20(2,3)34(30)28-16-15-12(32-11-25-15)8-21(16)4-6-29(7-5-21)14-9-24-18(17(23)27-14)33-19-26-13(22)10-31-19/h9-11,16,28H,4-8H2,1-3H3,(H2,23,27)/t16-,34-/m1/s1. The summed E-state index contributed by atoms with van der Waals surface area (Å²) in [7, 11) is -1.16. The second-order valence-electron chi connectivity index (χ2n) is 9.58. The van der Waals surface area contributed by atoms with Crippen molar-refractivity contribution in [3.8, 4) is 0 Å². The number of nitrogens with one attached hydrogen (secondary N) is 1. The highest BCUT2D eigenvalue weighted by molar-refractivity contribution is 8.01. The zero-order chi connectivity index (χ0) is 24.1. The highest BCUT2D eigenvalue weighted by atomic mass is 35.5. The lowest BCUT2D eigenvalue weighted by atomic mass is 9.73. The van der Waals surface area contributed by atoms with E-state index in [0.717, 1.165) is 48.2 Å². The molecule has 4 heterocycles. The molecule has 0 radical (unpaired) electrons. The van der Waals surface area contributed by atoms with Crippen molar-refractivity contribution in [2.24, 2.45) is 5.41 Å². The average molecular weight is 556 g/mol. The smallest absolute Gasteiger partial charge is 0.158 e. The van der Waals surface area contributed by atoms with E-state index in [2.05, 4.69) is 29.6 Å². The van der Waals surface area contributed by atoms with Crippen molar-refractivity contribution in [3.63, 3.8) is 0 Å². The molecule has 5 rings (SSSR count). The number of halogens is 1. The summed E-state index contributed by atoms with van der Waals surface area (Å²) in [6.45, 7) is 7.65. The minimum absolute atomic E-state index is 0.00370. The molecular weight excluding hydrogens is 530 g/mol. The molecule has 1 aliphatic carbocycles. The molecule has 0 aromatic carbocycles. The molecule has 8 nitrogen and oxygen atoms in total. The van der Waals surface area contributed by atoms with E-state index in [1.165, 1.54) is 28.0 Å². The predicted octanol–water partition coefficient (Wildman–Crippen LogP) is 4.71. The van der Waals surface area contributed by atoms with E-state index in [-0.39, 0.29) is 16.2 Å². The molecule has 0 amide bonds. The number of hydrogen-bond acceptors (Lipinski definition) is 10. The first-order chi connectivity index (χ1) is 16.1. The van der Waals surface area contributed by atoms with Crippen LogP contribution in [0.4, 0.5) is 11.6 Å². The molecule has 3 aromatic heterocycles. The normalized spacial score (nSPS) is 20.6. The molecule has 1 spiro atoms. The van der Waals surface area contributed by atoms with Crippen LogP contribution in [0.15, 0.2) is 26.5 Å². The van der Waals surface area contributed by atoms with Crippen LogP contribution in [-0.2, 0) is 17.4 Å². The summed E-state index contributed by atoms with van der Waals surface area (Å²) in [5.41, 5.74) is 9.21. The lowest BCUT2D eigenvalue weighted by Crippen LogP contribution is -2.48. The lowest BCUT2D eigenvalue weighted by Gasteiger charge is -2.43. The zero-order valence-electron chi connectivity index (χ0n) is 19.1. The van der Waals surface area contributed by atoms with Crippen LogP contribution < -0.4 is 15.4 Å². The van der Waals surface area contributed by atoms with Crippen LogP contribution in [0.5, 0.6) is 0 Å². The van der Waals surface area contributed by atoms with Gasteiger partial charge < -0.3 is 10.6 Å². The molecule has 1 saturated heterocycles. The quantitative estimate of drug-likeness (QED) is 0.465. The Kier molecular flexibility index (Phi) is 6.66. The van der Waals surface area contributed by atoms with Gasteiger partial charge in [-0.15, -0.1) is 22.7 Å². The molecule has 34 heavy (non-hydrogen) atoms. The molecule has 1 fully saturated rings.